The SMILES string of the molecule is COc1ccc(CN(Cc2ccccc2)c2nc(C#N)c(-c3cncc(C(=O)O)c3)c3cccc(-c4ccccc4)c23)cc1. The van der Waals surface area contributed by atoms with Crippen LogP contribution in [0.15, 0.2) is 122 Å². The molecule has 0 saturated carbocycles. The molecular weight excluding hydrogens is 548 g/mol. The van der Waals surface area contributed by atoms with Gasteiger partial charge in [0, 0.05) is 42.0 Å². The molecule has 6 aromatic rings. The molecule has 0 aliphatic rings. The van der Waals surface area contributed by atoms with E-state index in [0.29, 0.717) is 30.0 Å². The minimum Gasteiger partial charge on any atom is -0.497 e. The Morgan fingerprint density at radius 3 is 2.18 bits per heavy atom. The number of fused-ring (bicyclic) bond motifs is 1. The van der Waals surface area contributed by atoms with Crippen LogP contribution in [0.4, 0.5) is 5.82 Å². The lowest BCUT2D eigenvalue weighted by molar-refractivity contribution is 0.0696. The third-order valence-corrected chi connectivity index (χ3v) is 7.52. The molecule has 7 heteroatoms. The van der Waals surface area contributed by atoms with Crippen LogP contribution in [0.5, 0.6) is 5.75 Å². The van der Waals surface area contributed by atoms with Crippen LogP contribution in [0.3, 0.4) is 0 Å². The van der Waals surface area contributed by atoms with Gasteiger partial charge in [-0.25, -0.2) is 9.78 Å². The Bertz CT molecular complexity index is 1990. The first kappa shape index (κ1) is 28.1. The highest BCUT2D eigenvalue weighted by molar-refractivity contribution is 6.11. The maximum atomic E-state index is 11.8. The zero-order chi connectivity index (χ0) is 30.5. The summed E-state index contributed by atoms with van der Waals surface area (Å²) in [6.45, 7) is 1.06. The second-order valence-corrected chi connectivity index (χ2v) is 10.3. The van der Waals surface area contributed by atoms with Gasteiger partial charge < -0.3 is 14.7 Å². The number of hydrogen-bond donors (Lipinski definition) is 1. The summed E-state index contributed by atoms with van der Waals surface area (Å²) in [5.41, 5.74) is 5.38. The number of nitrogens with zero attached hydrogens (tertiary/aromatic N) is 4. The minimum atomic E-state index is -1.09. The second-order valence-electron chi connectivity index (χ2n) is 10.3. The van der Waals surface area contributed by atoms with Crippen LogP contribution < -0.4 is 9.64 Å². The highest BCUT2D eigenvalue weighted by Gasteiger charge is 2.23. The first-order chi connectivity index (χ1) is 21.6. The standard InChI is InChI=1S/C37H28N4O3/c1-44-30-17-15-26(16-18-30)24-41(23-25-9-4-2-5-10-25)36-35-31(27-11-6-3-7-12-27)13-8-14-32(35)34(33(20-38)40-36)28-19-29(37(42)43)22-39-21-28/h2-19,21-22H,23-24H2,1H3,(H,42,43). The molecule has 44 heavy (non-hydrogen) atoms. The van der Waals surface area contributed by atoms with Gasteiger partial charge in [0.05, 0.1) is 12.7 Å². The first-order valence-corrected chi connectivity index (χ1v) is 14.1. The Hall–Kier alpha value is -6.00. The van der Waals surface area contributed by atoms with Crippen molar-refractivity contribution in [3.8, 4) is 34.1 Å². The van der Waals surface area contributed by atoms with Gasteiger partial charge in [0.2, 0.25) is 0 Å². The van der Waals surface area contributed by atoms with Crippen molar-refractivity contribution in [1.29, 1.82) is 5.26 Å². The molecule has 0 fully saturated rings. The van der Waals surface area contributed by atoms with Crippen LogP contribution in [0.2, 0.25) is 0 Å². The number of aromatic carboxylic acids is 1. The number of ether oxygens (including phenoxy) is 1. The molecule has 0 unspecified atom stereocenters. The number of carboxylic acids is 1. The maximum absolute atomic E-state index is 11.8. The third-order valence-electron chi connectivity index (χ3n) is 7.52. The Morgan fingerprint density at radius 2 is 1.52 bits per heavy atom. The highest BCUT2D eigenvalue weighted by atomic mass is 16.5. The molecule has 0 aliphatic carbocycles. The normalized spacial score (nSPS) is 10.7. The number of anilines is 1. The fraction of sp³-hybridized carbons (Fsp3) is 0.0811. The molecule has 4 aromatic carbocycles. The molecule has 1 N–H and O–H groups in total. The molecule has 6 rings (SSSR count). The van der Waals surface area contributed by atoms with Crippen molar-refractivity contribution in [3.63, 3.8) is 0 Å². The lowest BCUT2D eigenvalue weighted by Gasteiger charge is -2.28. The van der Waals surface area contributed by atoms with Crippen LogP contribution in [0, 0.1) is 11.3 Å². The van der Waals surface area contributed by atoms with E-state index in [4.69, 9.17) is 9.72 Å². The van der Waals surface area contributed by atoms with Gasteiger partial charge in [-0.2, -0.15) is 5.26 Å². The van der Waals surface area contributed by atoms with Gasteiger partial charge in [0.25, 0.3) is 0 Å². The molecule has 2 aromatic heterocycles. The number of methoxy groups -OCH3 is 1. The number of carboxylic acid groups (broad SMARTS) is 1. The average molecular weight is 577 g/mol. The summed E-state index contributed by atoms with van der Waals surface area (Å²) in [6, 6.07) is 37.9. The molecule has 0 atom stereocenters. The monoisotopic (exact) mass is 576 g/mol. The minimum absolute atomic E-state index is 0.0352. The second kappa shape index (κ2) is 12.5. The Balaban J connectivity index is 1.65. The Morgan fingerprint density at radius 1 is 0.841 bits per heavy atom. The van der Waals surface area contributed by atoms with E-state index in [9.17, 15) is 15.2 Å². The smallest absolute Gasteiger partial charge is 0.337 e. The highest BCUT2D eigenvalue weighted by Crippen LogP contribution is 2.42. The van der Waals surface area contributed by atoms with E-state index in [0.717, 1.165) is 38.8 Å². The summed E-state index contributed by atoms with van der Waals surface area (Å²) in [5, 5.41) is 21.8. The molecule has 7 nitrogen and oxygen atoms in total. The van der Waals surface area contributed by atoms with Crippen LogP contribution >= 0.6 is 0 Å². The van der Waals surface area contributed by atoms with Crippen molar-refractivity contribution < 1.29 is 14.6 Å². The van der Waals surface area contributed by atoms with E-state index in [1.807, 2.05) is 84.9 Å². The summed E-state index contributed by atoms with van der Waals surface area (Å²) in [6.07, 6.45) is 2.88. The van der Waals surface area contributed by atoms with Crippen molar-refractivity contribution in [3.05, 3.63) is 144 Å². The quantitative estimate of drug-likeness (QED) is 0.188. The van der Waals surface area contributed by atoms with Crippen LogP contribution in [0.25, 0.3) is 33.0 Å². The molecule has 2 heterocycles. The molecule has 0 radical (unpaired) electrons. The average Bonchev–Trinajstić information content (AvgIpc) is 3.08. The van der Waals surface area contributed by atoms with Crippen LogP contribution in [0.1, 0.15) is 27.2 Å². The maximum Gasteiger partial charge on any atom is 0.337 e. The van der Waals surface area contributed by atoms with Gasteiger partial charge >= 0.3 is 5.97 Å². The first-order valence-electron chi connectivity index (χ1n) is 14.1. The van der Waals surface area contributed by atoms with E-state index in [1.165, 1.54) is 6.20 Å². The molecule has 0 amide bonds. The third kappa shape index (κ3) is 5.69. The fourth-order valence-corrected chi connectivity index (χ4v) is 5.46. The largest absolute Gasteiger partial charge is 0.497 e. The summed E-state index contributed by atoms with van der Waals surface area (Å²) in [5.74, 6) is 0.332. The molecular formula is C37H28N4O3. The number of nitriles is 1. The molecule has 0 saturated heterocycles. The van der Waals surface area contributed by atoms with Gasteiger partial charge in [0.15, 0.2) is 5.69 Å². The van der Waals surface area contributed by atoms with Crippen molar-refractivity contribution in [2.45, 2.75) is 13.1 Å². The summed E-state index contributed by atoms with van der Waals surface area (Å²) < 4.78 is 5.38. The van der Waals surface area contributed by atoms with Gasteiger partial charge in [-0.1, -0.05) is 91.0 Å². The lowest BCUT2D eigenvalue weighted by Crippen LogP contribution is -2.24. The van der Waals surface area contributed by atoms with Gasteiger partial charge in [-0.05, 0) is 45.8 Å². The van der Waals surface area contributed by atoms with E-state index in [1.54, 1.807) is 19.4 Å². The summed E-state index contributed by atoms with van der Waals surface area (Å²) >= 11 is 0. The van der Waals surface area contributed by atoms with E-state index in [2.05, 4.69) is 34.2 Å². The lowest BCUT2D eigenvalue weighted by atomic mass is 9.92. The van der Waals surface area contributed by atoms with Gasteiger partial charge in [-0.3, -0.25) is 4.98 Å². The van der Waals surface area contributed by atoms with Crippen LogP contribution in [-0.2, 0) is 13.1 Å². The van der Waals surface area contributed by atoms with Crippen molar-refractivity contribution in [1.82, 2.24) is 9.97 Å². The number of aromatic nitrogens is 2. The molecule has 0 bridgehead atoms. The Kier molecular flexibility index (Phi) is 7.98. The zero-order valence-electron chi connectivity index (χ0n) is 24.0. The predicted octanol–water partition coefficient (Wildman–Crippen LogP) is 7.75. The van der Waals surface area contributed by atoms with Crippen molar-refractivity contribution in [2.24, 2.45) is 0 Å². The number of benzene rings is 4. The van der Waals surface area contributed by atoms with Crippen LogP contribution in [-0.4, -0.2) is 28.2 Å². The Labute approximate surface area is 255 Å². The van der Waals surface area contributed by atoms with Gasteiger partial charge in [0.1, 0.15) is 17.6 Å². The summed E-state index contributed by atoms with van der Waals surface area (Å²) in [4.78, 5) is 23.3. The number of hydrogen-bond acceptors (Lipinski definition) is 6. The van der Waals surface area contributed by atoms with Crippen molar-refractivity contribution in [2.75, 3.05) is 12.0 Å². The van der Waals surface area contributed by atoms with E-state index in [-0.39, 0.29) is 11.3 Å². The number of pyridine rings is 2. The molecule has 214 valence electrons. The summed E-state index contributed by atoms with van der Waals surface area (Å²) in [7, 11) is 1.64. The number of rotatable bonds is 9. The zero-order valence-corrected chi connectivity index (χ0v) is 24.0. The topological polar surface area (TPSA) is 99.3 Å². The predicted molar refractivity (Wildman–Crippen MR) is 171 cm³/mol. The number of carbonyl (C=O) groups is 1. The van der Waals surface area contributed by atoms with Gasteiger partial charge in [-0.15, -0.1) is 0 Å². The fourth-order valence-electron chi connectivity index (χ4n) is 5.46. The molecule has 0 spiro atoms. The molecule has 0 aliphatic heterocycles. The van der Waals surface area contributed by atoms with E-state index < -0.39 is 5.97 Å². The van der Waals surface area contributed by atoms with E-state index >= 15 is 0 Å². The van der Waals surface area contributed by atoms with Crippen molar-refractivity contribution >= 4 is 22.6 Å².